The third kappa shape index (κ3) is 2.89. The van der Waals surface area contributed by atoms with E-state index in [1.165, 1.54) is 18.7 Å². The molecular formula is C16H13FO. The van der Waals surface area contributed by atoms with Crippen LogP contribution in [-0.4, -0.2) is 7.11 Å². The molecule has 2 rings (SSSR count). The quantitative estimate of drug-likeness (QED) is 0.693. The standard InChI is InChI=1S/C16H13FO/c1-12-4-3-5-13(10-12)6-7-14-8-9-15(17)16(11-14)18-2/h3-5,8-11H,1-2H3. The number of aryl methyl sites for hydroxylation is 1. The molecule has 0 saturated carbocycles. The van der Waals surface area contributed by atoms with Crippen LogP contribution < -0.4 is 4.74 Å². The van der Waals surface area contributed by atoms with Gasteiger partial charge in [-0.15, -0.1) is 0 Å². The first-order chi connectivity index (χ1) is 8.69. The van der Waals surface area contributed by atoms with Gasteiger partial charge in [-0.05, 0) is 42.8 Å². The van der Waals surface area contributed by atoms with Crippen molar-refractivity contribution in [3.63, 3.8) is 0 Å². The fourth-order valence-electron chi connectivity index (χ4n) is 1.60. The maximum Gasteiger partial charge on any atom is 0.165 e. The van der Waals surface area contributed by atoms with Crippen molar-refractivity contribution in [3.8, 4) is 17.6 Å². The number of methoxy groups -OCH3 is 1. The smallest absolute Gasteiger partial charge is 0.165 e. The molecule has 90 valence electrons. The van der Waals surface area contributed by atoms with Crippen LogP contribution in [0.3, 0.4) is 0 Å². The van der Waals surface area contributed by atoms with Crippen LogP contribution in [0.2, 0.25) is 0 Å². The molecular weight excluding hydrogens is 227 g/mol. The lowest BCUT2D eigenvalue weighted by Crippen LogP contribution is -1.88. The van der Waals surface area contributed by atoms with Gasteiger partial charge in [0.15, 0.2) is 11.6 Å². The lowest BCUT2D eigenvalue weighted by Gasteiger charge is -2.01. The Kier molecular flexibility index (Phi) is 3.64. The van der Waals surface area contributed by atoms with E-state index in [4.69, 9.17) is 4.74 Å². The molecule has 1 nitrogen and oxygen atoms in total. The van der Waals surface area contributed by atoms with Gasteiger partial charge in [-0.1, -0.05) is 24.0 Å². The largest absolute Gasteiger partial charge is 0.494 e. The van der Waals surface area contributed by atoms with Gasteiger partial charge in [0.2, 0.25) is 0 Å². The highest BCUT2D eigenvalue weighted by molar-refractivity contribution is 5.46. The van der Waals surface area contributed by atoms with Crippen LogP contribution >= 0.6 is 0 Å². The van der Waals surface area contributed by atoms with Crippen LogP contribution in [0, 0.1) is 24.6 Å². The highest BCUT2D eigenvalue weighted by Gasteiger charge is 2.01. The van der Waals surface area contributed by atoms with E-state index in [1.54, 1.807) is 12.1 Å². The van der Waals surface area contributed by atoms with Crippen molar-refractivity contribution in [2.45, 2.75) is 6.92 Å². The summed E-state index contributed by atoms with van der Waals surface area (Å²) >= 11 is 0. The number of rotatable bonds is 1. The van der Waals surface area contributed by atoms with Crippen LogP contribution in [0.5, 0.6) is 5.75 Å². The van der Waals surface area contributed by atoms with Gasteiger partial charge in [0, 0.05) is 11.1 Å². The molecule has 2 aromatic carbocycles. The van der Waals surface area contributed by atoms with Crippen molar-refractivity contribution in [1.29, 1.82) is 0 Å². The third-order valence-corrected chi connectivity index (χ3v) is 2.52. The zero-order valence-electron chi connectivity index (χ0n) is 10.3. The van der Waals surface area contributed by atoms with E-state index in [2.05, 4.69) is 11.8 Å². The molecule has 0 heterocycles. The second kappa shape index (κ2) is 5.37. The Morgan fingerprint density at radius 1 is 1.00 bits per heavy atom. The second-order valence-electron chi connectivity index (χ2n) is 3.97. The van der Waals surface area contributed by atoms with Crippen molar-refractivity contribution in [2.24, 2.45) is 0 Å². The summed E-state index contributed by atoms with van der Waals surface area (Å²) in [6.45, 7) is 2.02. The Morgan fingerprint density at radius 3 is 2.39 bits per heavy atom. The van der Waals surface area contributed by atoms with E-state index in [0.717, 1.165) is 11.1 Å². The van der Waals surface area contributed by atoms with E-state index in [1.807, 2.05) is 31.2 Å². The predicted octanol–water partition coefficient (Wildman–Crippen LogP) is 3.54. The highest BCUT2D eigenvalue weighted by atomic mass is 19.1. The minimum atomic E-state index is -0.376. The summed E-state index contributed by atoms with van der Waals surface area (Å²) < 4.78 is 18.1. The van der Waals surface area contributed by atoms with Gasteiger partial charge < -0.3 is 4.74 Å². The Labute approximate surface area is 106 Å². The molecule has 0 aliphatic heterocycles. The van der Waals surface area contributed by atoms with Crippen molar-refractivity contribution >= 4 is 0 Å². The first kappa shape index (κ1) is 12.2. The van der Waals surface area contributed by atoms with Crippen LogP contribution in [-0.2, 0) is 0 Å². The molecule has 0 N–H and O–H groups in total. The molecule has 0 fully saturated rings. The molecule has 0 aromatic heterocycles. The predicted molar refractivity (Wildman–Crippen MR) is 70.1 cm³/mol. The monoisotopic (exact) mass is 240 g/mol. The topological polar surface area (TPSA) is 9.23 Å². The number of ether oxygens (including phenoxy) is 1. The molecule has 0 saturated heterocycles. The van der Waals surface area contributed by atoms with Crippen LogP contribution in [0.4, 0.5) is 4.39 Å². The maximum absolute atomic E-state index is 13.2. The molecule has 0 unspecified atom stereocenters. The summed E-state index contributed by atoms with van der Waals surface area (Å²) in [5, 5.41) is 0. The Bertz CT molecular complexity index is 620. The van der Waals surface area contributed by atoms with Gasteiger partial charge >= 0.3 is 0 Å². The maximum atomic E-state index is 13.2. The first-order valence-electron chi connectivity index (χ1n) is 5.61. The van der Waals surface area contributed by atoms with Crippen molar-refractivity contribution < 1.29 is 9.13 Å². The molecule has 0 aliphatic carbocycles. The number of hydrogen-bond donors (Lipinski definition) is 0. The molecule has 0 spiro atoms. The molecule has 18 heavy (non-hydrogen) atoms. The average Bonchev–Trinajstić information content (AvgIpc) is 2.38. The molecule has 0 atom stereocenters. The van der Waals surface area contributed by atoms with Crippen LogP contribution in [0.1, 0.15) is 16.7 Å². The number of halogens is 1. The Morgan fingerprint density at radius 2 is 1.72 bits per heavy atom. The molecule has 2 heteroatoms. The summed E-state index contributed by atoms with van der Waals surface area (Å²) in [7, 11) is 1.44. The summed E-state index contributed by atoms with van der Waals surface area (Å²) in [6, 6.07) is 12.5. The van der Waals surface area contributed by atoms with Gasteiger partial charge in [0.05, 0.1) is 7.11 Å². The van der Waals surface area contributed by atoms with E-state index >= 15 is 0 Å². The van der Waals surface area contributed by atoms with E-state index in [9.17, 15) is 4.39 Å². The van der Waals surface area contributed by atoms with E-state index in [0.29, 0.717) is 0 Å². The third-order valence-electron chi connectivity index (χ3n) is 2.52. The Hall–Kier alpha value is -2.27. The minimum Gasteiger partial charge on any atom is -0.494 e. The van der Waals surface area contributed by atoms with Crippen LogP contribution in [0.15, 0.2) is 42.5 Å². The minimum absolute atomic E-state index is 0.214. The molecule has 0 aliphatic rings. The van der Waals surface area contributed by atoms with Crippen molar-refractivity contribution in [2.75, 3.05) is 7.11 Å². The van der Waals surface area contributed by atoms with Crippen molar-refractivity contribution in [3.05, 3.63) is 65.0 Å². The van der Waals surface area contributed by atoms with Gasteiger partial charge in [0.25, 0.3) is 0 Å². The molecule has 0 radical (unpaired) electrons. The zero-order valence-corrected chi connectivity index (χ0v) is 10.3. The summed E-state index contributed by atoms with van der Waals surface area (Å²) in [6.07, 6.45) is 0. The Balaban J connectivity index is 2.30. The lowest BCUT2D eigenvalue weighted by molar-refractivity contribution is 0.386. The summed E-state index contributed by atoms with van der Waals surface area (Å²) in [5.74, 6) is 5.88. The molecule has 0 bridgehead atoms. The van der Waals surface area contributed by atoms with Gasteiger partial charge in [-0.25, -0.2) is 4.39 Å². The fourth-order valence-corrected chi connectivity index (χ4v) is 1.60. The SMILES string of the molecule is COc1cc(C#Cc2cccc(C)c2)ccc1F. The van der Waals surface area contributed by atoms with E-state index in [-0.39, 0.29) is 11.6 Å². The number of benzene rings is 2. The summed E-state index contributed by atoms with van der Waals surface area (Å²) in [5.41, 5.74) is 2.84. The van der Waals surface area contributed by atoms with Gasteiger partial charge in [0.1, 0.15) is 0 Å². The summed E-state index contributed by atoms with van der Waals surface area (Å²) in [4.78, 5) is 0. The molecule has 0 amide bonds. The first-order valence-corrected chi connectivity index (χ1v) is 5.61. The van der Waals surface area contributed by atoms with E-state index < -0.39 is 0 Å². The fraction of sp³-hybridized carbons (Fsp3) is 0.125. The normalized spacial score (nSPS) is 9.50. The lowest BCUT2D eigenvalue weighted by atomic mass is 10.1. The van der Waals surface area contributed by atoms with Crippen LogP contribution in [0.25, 0.3) is 0 Å². The highest BCUT2D eigenvalue weighted by Crippen LogP contribution is 2.17. The zero-order chi connectivity index (χ0) is 13.0. The second-order valence-corrected chi connectivity index (χ2v) is 3.97. The average molecular weight is 240 g/mol. The van der Waals surface area contributed by atoms with Crippen molar-refractivity contribution in [1.82, 2.24) is 0 Å². The van der Waals surface area contributed by atoms with Gasteiger partial charge in [-0.3, -0.25) is 0 Å². The number of hydrogen-bond acceptors (Lipinski definition) is 1. The molecule has 2 aromatic rings. The van der Waals surface area contributed by atoms with Gasteiger partial charge in [-0.2, -0.15) is 0 Å².